The highest BCUT2D eigenvalue weighted by atomic mass is 16.3. The summed E-state index contributed by atoms with van der Waals surface area (Å²) < 4.78 is 1.90. The van der Waals surface area contributed by atoms with Gasteiger partial charge in [0.15, 0.2) is 0 Å². The molecule has 3 rings (SSSR count). The second kappa shape index (κ2) is 6.21. The van der Waals surface area contributed by atoms with Crippen molar-refractivity contribution in [1.29, 1.82) is 0 Å². The van der Waals surface area contributed by atoms with Gasteiger partial charge in [0, 0.05) is 17.1 Å². The van der Waals surface area contributed by atoms with E-state index in [1.165, 1.54) is 5.56 Å². The number of rotatable bonds is 4. The molecule has 0 fully saturated rings. The SMILES string of the molecule is CC(C)(C)CC(C)(C)c1ccc(O)c(Cn2cc3ccccc3n2)c1. The summed E-state index contributed by atoms with van der Waals surface area (Å²) >= 11 is 0. The fourth-order valence-electron chi connectivity index (χ4n) is 3.83. The number of hydrogen-bond donors (Lipinski definition) is 1. The van der Waals surface area contributed by atoms with Crippen molar-refractivity contribution in [2.45, 2.75) is 53.0 Å². The van der Waals surface area contributed by atoms with Gasteiger partial charge in [-0.25, -0.2) is 0 Å². The van der Waals surface area contributed by atoms with Crippen molar-refractivity contribution < 1.29 is 5.11 Å². The van der Waals surface area contributed by atoms with Crippen molar-refractivity contribution in [3.05, 3.63) is 59.8 Å². The number of hydrogen-bond acceptors (Lipinski definition) is 2. The highest BCUT2D eigenvalue weighted by molar-refractivity contribution is 5.77. The van der Waals surface area contributed by atoms with Crippen LogP contribution in [0.2, 0.25) is 0 Å². The zero-order valence-electron chi connectivity index (χ0n) is 15.9. The molecule has 2 aromatic carbocycles. The minimum absolute atomic E-state index is 0.0511. The van der Waals surface area contributed by atoms with Crippen LogP contribution in [0, 0.1) is 5.41 Å². The number of phenols is 1. The van der Waals surface area contributed by atoms with Crippen LogP contribution in [0.5, 0.6) is 5.75 Å². The molecule has 132 valence electrons. The molecule has 0 amide bonds. The first-order valence-electron chi connectivity index (χ1n) is 8.89. The van der Waals surface area contributed by atoms with Crippen LogP contribution in [0.15, 0.2) is 48.7 Å². The molecule has 0 spiro atoms. The van der Waals surface area contributed by atoms with E-state index in [9.17, 15) is 5.11 Å². The molecule has 0 radical (unpaired) electrons. The maximum Gasteiger partial charge on any atom is 0.120 e. The predicted molar refractivity (Wildman–Crippen MR) is 104 cm³/mol. The first kappa shape index (κ1) is 17.5. The Bertz CT molecular complexity index is 851. The summed E-state index contributed by atoms with van der Waals surface area (Å²) in [6, 6.07) is 14.1. The Morgan fingerprint density at radius 2 is 1.72 bits per heavy atom. The van der Waals surface area contributed by atoms with Gasteiger partial charge in [0.2, 0.25) is 0 Å². The molecule has 0 unspecified atom stereocenters. The zero-order chi connectivity index (χ0) is 18.2. The van der Waals surface area contributed by atoms with Crippen LogP contribution >= 0.6 is 0 Å². The van der Waals surface area contributed by atoms with E-state index in [2.05, 4.69) is 51.9 Å². The van der Waals surface area contributed by atoms with Crippen LogP contribution in [0.25, 0.3) is 10.9 Å². The summed E-state index contributed by atoms with van der Waals surface area (Å²) in [6.07, 6.45) is 3.11. The molecule has 0 saturated heterocycles. The molecular formula is C22H28N2O. The number of fused-ring (bicyclic) bond motifs is 1. The van der Waals surface area contributed by atoms with Gasteiger partial charge in [-0.15, -0.1) is 0 Å². The van der Waals surface area contributed by atoms with Crippen molar-refractivity contribution >= 4 is 10.9 Å². The summed E-state index contributed by atoms with van der Waals surface area (Å²) in [6.45, 7) is 11.9. The second-order valence-corrected chi connectivity index (χ2v) is 8.85. The van der Waals surface area contributed by atoms with Gasteiger partial charge in [-0.3, -0.25) is 4.68 Å². The Morgan fingerprint density at radius 1 is 1.00 bits per heavy atom. The summed E-state index contributed by atoms with van der Waals surface area (Å²) in [4.78, 5) is 0. The normalized spacial score (nSPS) is 12.7. The summed E-state index contributed by atoms with van der Waals surface area (Å²) in [5, 5.41) is 16.1. The van der Waals surface area contributed by atoms with Gasteiger partial charge in [-0.2, -0.15) is 5.10 Å². The standard InChI is InChI=1S/C22H28N2O/c1-21(2,3)15-22(4,5)18-10-11-20(25)17(12-18)14-24-13-16-8-6-7-9-19(16)23-24/h6-13,25H,14-15H2,1-5H3. The van der Waals surface area contributed by atoms with Gasteiger partial charge in [0.1, 0.15) is 5.75 Å². The summed E-state index contributed by atoms with van der Waals surface area (Å²) in [7, 11) is 0. The average Bonchev–Trinajstić information content (AvgIpc) is 2.89. The van der Waals surface area contributed by atoms with Gasteiger partial charge < -0.3 is 5.11 Å². The smallest absolute Gasteiger partial charge is 0.120 e. The van der Waals surface area contributed by atoms with Gasteiger partial charge in [-0.05, 0) is 41.0 Å². The maximum atomic E-state index is 10.3. The third-order valence-corrected chi connectivity index (χ3v) is 4.63. The molecular weight excluding hydrogens is 308 g/mol. The monoisotopic (exact) mass is 336 g/mol. The molecule has 3 nitrogen and oxygen atoms in total. The fourth-order valence-corrected chi connectivity index (χ4v) is 3.83. The topological polar surface area (TPSA) is 38.0 Å². The van der Waals surface area contributed by atoms with E-state index in [1.807, 2.05) is 41.2 Å². The lowest BCUT2D eigenvalue weighted by Crippen LogP contribution is -2.25. The molecule has 1 aromatic heterocycles. The fraction of sp³-hybridized carbons (Fsp3) is 0.409. The highest BCUT2D eigenvalue weighted by Crippen LogP contribution is 2.37. The van der Waals surface area contributed by atoms with E-state index in [0.29, 0.717) is 12.3 Å². The minimum Gasteiger partial charge on any atom is -0.508 e. The number of phenolic OH excluding ortho intramolecular Hbond substituents is 1. The van der Waals surface area contributed by atoms with Crippen molar-refractivity contribution in [2.75, 3.05) is 0 Å². The lowest BCUT2D eigenvalue weighted by atomic mass is 9.72. The van der Waals surface area contributed by atoms with Crippen molar-refractivity contribution in [3.63, 3.8) is 0 Å². The van der Waals surface area contributed by atoms with Crippen LogP contribution < -0.4 is 0 Å². The molecule has 0 atom stereocenters. The number of aromatic hydroxyl groups is 1. The van der Waals surface area contributed by atoms with Gasteiger partial charge in [0.25, 0.3) is 0 Å². The van der Waals surface area contributed by atoms with Gasteiger partial charge in [-0.1, -0.05) is 58.9 Å². The number of nitrogens with zero attached hydrogens (tertiary/aromatic N) is 2. The van der Waals surface area contributed by atoms with E-state index in [0.717, 1.165) is 22.9 Å². The molecule has 25 heavy (non-hydrogen) atoms. The quantitative estimate of drug-likeness (QED) is 0.683. The van der Waals surface area contributed by atoms with Gasteiger partial charge >= 0.3 is 0 Å². The third kappa shape index (κ3) is 4.04. The van der Waals surface area contributed by atoms with Crippen LogP contribution in [0.3, 0.4) is 0 Å². The van der Waals surface area contributed by atoms with Crippen molar-refractivity contribution in [1.82, 2.24) is 9.78 Å². The van der Waals surface area contributed by atoms with Crippen LogP contribution in [-0.2, 0) is 12.0 Å². The van der Waals surface area contributed by atoms with E-state index in [4.69, 9.17) is 0 Å². The third-order valence-electron chi connectivity index (χ3n) is 4.63. The average molecular weight is 336 g/mol. The number of benzene rings is 2. The molecule has 3 heteroatoms. The maximum absolute atomic E-state index is 10.3. The summed E-state index contributed by atoms with van der Waals surface area (Å²) in [5.41, 5.74) is 3.45. The molecule has 0 saturated carbocycles. The largest absolute Gasteiger partial charge is 0.508 e. The lowest BCUT2D eigenvalue weighted by molar-refractivity contribution is 0.284. The summed E-state index contributed by atoms with van der Waals surface area (Å²) in [5.74, 6) is 0.329. The van der Waals surface area contributed by atoms with E-state index < -0.39 is 0 Å². The molecule has 0 aliphatic carbocycles. The Kier molecular flexibility index (Phi) is 4.36. The molecule has 3 aromatic rings. The van der Waals surface area contributed by atoms with E-state index >= 15 is 0 Å². The Morgan fingerprint density at radius 3 is 2.40 bits per heavy atom. The predicted octanol–water partition coefficient (Wildman–Crippen LogP) is 5.50. The van der Waals surface area contributed by atoms with Crippen LogP contribution in [0.4, 0.5) is 0 Å². The minimum atomic E-state index is 0.0511. The Labute approximate surface area is 150 Å². The van der Waals surface area contributed by atoms with Crippen LogP contribution in [0.1, 0.15) is 52.2 Å². The Balaban J connectivity index is 1.91. The van der Waals surface area contributed by atoms with E-state index in [-0.39, 0.29) is 10.8 Å². The van der Waals surface area contributed by atoms with E-state index in [1.54, 1.807) is 0 Å². The van der Waals surface area contributed by atoms with Crippen molar-refractivity contribution in [2.24, 2.45) is 5.41 Å². The van der Waals surface area contributed by atoms with Crippen LogP contribution in [-0.4, -0.2) is 14.9 Å². The van der Waals surface area contributed by atoms with Crippen molar-refractivity contribution in [3.8, 4) is 5.75 Å². The molecule has 0 bridgehead atoms. The lowest BCUT2D eigenvalue weighted by Gasteiger charge is -2.33. The number of aromatic nitrogens is 2. The first-order chi connectivity index (χ1) is 11.6. The Hall–Kier alpha value is -2.29. The molecule has 0 aliphatic rings. The van der Waals surface area contributed by atoms with Gasteiger partial charge in [0.05, 0.1) is 12.1 Å². The first-order valence-corrected chi connectivity index (χ1v) is 8.89. The second-order valence-electron chi connectivity index (χ2n) is 8.85. The highest BCUT2D eigenvalue weighted by Gasteiger charge is 2.27. The zero-order valence-corrected chi connectivity index (χ0v) is 15.9. The molecule has 1 heterocycles. The molecule has 0 aliphatic heterocycles. The molecule has 1 N–H and O–H groups in total.